The van der Waals surface area contributed by atoms with Crippen LogP contribution >= 0.6 is 0 Å². The summed E-state index contributed by atoms with van der Waals surface area (Å²) in [4.78, 5) is 0. The summed E-state index contributed by atoms with van der Waals surface area (Å²) in [6, 6.07) is 0. The van der Waals surface area contributed by atoms with Gasteiger partial charge < -0.3 is 0 Å². The van der Waals surface area contributed by atoms with E-state index in [0.29, 0.717) is 0 Å². The maximum atomic E-state index is 11.9. The van der Waals surface area contributed by atoms with Crippen molar-refractivity contribution in [1.82, 2.24) is 5.34 Å². The molecule has 0 saturated carbocycles. The average Bonchev–Trinajstić information content (AvgIpc) is 1.84. The lowest BCUT2D eigenvalue weighted by Gasteiger charge is -2.23. The van der Waals surface area contributed by atoms with Crippen molar-refractivity contribution in [3.63, 3.8) is 0 Å². The monoisotopic (exact) mass is 199 g/mol. The lowest BCUT2D eigenvalue weighted by atomic mass is 10.2. The van der Waals surface area contributed by atoms with Crippen LogP contribution in [0.5, 0.6) is 0 Å². The first-order valence-electron chi connectivity index (χ1n) is 2.63. The molecule has 0 fully saturated rings. The van der Waals surface area contributed by atoms with Gasteiger partial charge in [0.15, 0.2) is 6.67 Å². The van der Waals surface area contributed by atoms with Crippen LogP contribution < -0.4 is 0 Å². The topological polar surface area (TPSA) is 3.24 Å². The summed E-state index contributed by atoms with van der Waals surface area (Å²) >= 11 is 0. The van der Waals surface area contributed by atoms with Gasteiger partial charge in [-0.1, -0.05) is 0 Å². The van der Waals surface area contributed by atoms with Gasteiger partial charge in [0.05, 0.1) is 0 Å². The highest BCUT2D eigenvalue weighted by Crippen LogP contribution is 2.35. The van der Waals surface area contributed by atoms with Crippen LogP contribution in [0.1, 0.15) is 0 Å². The summed E-state index contributed by atoms with van der Waals surface area (Å²) in [6.07, 6.45) is 0. The Kier molecular flexibility index (Phi) is 3.31. The summed E-state index contributed by atoms with van der Waals surface area (Å²) < 4.78 is 80.9. The van der Waals surface area contributed by atoms with Gasteiger partial charge in [0.2, 0.25) is 0 Å². The number of halogens is 7. The molecule has 0 saturated heterocycles. The van der Waals surface area contributed by atoms with Crippen molar-refractivity contribution in [2.24, 2.45) is 0 Å². The molecule has 74 valence electrons. The Labute approximate surface area is 62.6 Å². The molecule has 0 bridgehead atoms. The van der Waals surface area contributed by atoms with Gasteiger partial charge in [0.25, 0.3) is 0 Å². The molecule has 0 aromatic rings. The van der Waals surface area contributed by atoms with Crippen LogP contribution in [-0.4, -0.2) is 30.4 Å². The molecular weight excluding hydrogens is 195 g/mol. The highest BCUT2D eigenvalue weighted by atomic mass is 19.4. The van der Waals surface area contributed by atoms with E-state index < -0.39 is 30.4 Å². The van der Waals surface area contributed by atoms with E-state index in [9.17, 15) is 30.9 Å². The van der Waals surface area contributed by atoms with Crippen molar-refractivity contribution in [3.8, 4) is 0 Å². The van der Waals surface area contributed by atoms with Crippen LogP contribution in [0.3, 0.4) is 0 Å². The van der Waals surface area contributed by atoms with Crippen molar-refractivity contribution in [2.75, 3.05) is 13.2 Å². The van der Waals surface area contributed by atoms with Gasteiger partial charge >= 0.3 is 11.8 Å². The van der Waals surface area contributed by atoms with E-state index in [4.69, 9.17) is 0 Å². The van der Waals surface area contributed by atoms with Crippen LogP contribution in [0.4, 0.5) is 30.9 Å². The fourth-order valence-corrected chi connectivity index (χ4v) is 0.364. The summed E-state index contributed by atoms with van der Waals surface area (Å²) in [7, 11) is 0. The molecule has 0 heterocycles. The van der Waals surface area contributed by atoms with Gasteiger partial charge in [-0.15, -0.1) is 8.96 Å². The third-order valence-corrected chi connectivity index (χ3v) is 1.02. The van der Waals surface area contributed by atoms with Crippen LogP contribution in [0.25, 0.3) is 0 Å². The zero-order valence-electron chi connectivity index (χ0n) is 5.51. The second kappa shape index (κ2) is 3.46. The molecule has 8 heteroatoms. The molecule has 0 radical (unpaired) electrons. The highest BCUT2D eigenvalue weighted by molar-refractivity contribution is 4.84. The Morgan fingerprint density at radius 1 is 0.917 bits per heavy atom. The van der Waals surface area contributed by atoms with Crippen LogP contribution in [0.2, 0.25) is 0 Å². The Balaban J connectivity index is 4.37. The second-order valence-electron chi connectivity index (χ2n) is 2.00. The summed E-state index contributed by atoms with van der Waals surface area (Å²) in [5.74, 6) is -10.1. The van der Waals surface area contributed by atoms with Crippen LogP contribution in [-0.2, 0) is 0 Å². The lowest BCUT2D eigenvalue weighted by molar-refractivity contribution is -0.271. The van der Waals surface area contributed by atoms with E-state index >= 15 is 0 Å². The van der Waals surface area contributed by atoms with Gasteiger partial charge in [-0.3, -0.25) is 0 Å². The van der Waals surface area contributed by atoms with Crippen molar-refractivity contribution >= 4 is 0 Å². The predicted molar refractivity (Wildman–Crippen MR) is 24.8 cm³/mol. The van der Waals surface area contributed by atoms with Gasteiger partial charge in [0, 0.05) is 5.34 Å². The number of rotatable bonds is 4. The van der Waals surface area contributed by atoms with Gasteiger partial charge in [-0.05, 0) is 0 Å². The van der Waals surface area contributed by atoms with Crippen molar-refractivity contribution in [1.29, 1.82) is 0 Å². The quantitative estimate of drug-likeness (QED) is 0.496. The lowest BCUT2D eigenvalue weighted by Crippen LogP contribution is -2.47. The predicted octanol–water partition coefficient (Wildman–Crippen LogP) is 2.30. The molecule has 0 atom stereocenters. The Morgan fingerprint density at radius 3 is 1.58 bits per heavy atom. The summed E-state index contributed by atoms with van der Waals surface area (Å²) in [5.41, 5.74) is 0. The van der Waals surface area contributed by atoms with E-state index in [0.717, 1.165) is 0 Å². The molecule has 0 N–H and O–H groups in total. The fraction of sp³-hybridized carbons (Fsp3) is 1.00. The maximum Gasteiger partial charge on any atom is 0.339 e. The van der Waals surface area contributed by atoms with E-state index in [1.165, 1.54) is 0 Å². The van der Waals surface area contributed by atoms with E-state index in [1.54, 1.807) is 0 Å². The summed E-state index contributed by atoms with van der Waals surface area (Å²) in [6.45, 7) is -5.17. The van der Waals surface area contributed by atoms with Crippen molar-refractivity contribution < 1.29 is 30.9 Å². The van der Waals surface area contributed by atoms with Gasteiger partial charge in [-0.2, -0.15) is 17.6 Å². The second-order valence-corrected chi connectivity index (χ2v) is 2.00. The number of nitrogens with zero attached hydrogens (tertiary/aromatic N) is 1. The molecule has 0 aliphatic heterocycles. The van der Waals surface area contributed by atoms with E-state index in [-0.39, 0.29) is 0 Å². The highest BCUT2D eigenvalue weighted by Gasteiger charge is 2.57. The Hall–Kier alpha value is -0.530. The zero-order chi connectivity index (χ0) is 9.99. The fourth-order valence-electron chi connectivity index (χ4n) is 0.364. The third-order valence-electron chi connectivity index (χ3n) is 1.02. The first-order chi connectivity index (χ1) is 5.23. The van der Waals surface area contributed by atoms with E-state index in [1.807, 2.05) is 0 Å². The summed E-state index contributed by atoms with van der Waals surface area (Å²) in [5, 5.41) is -2.12. The number of hydrogen-bond donors (Lipinski definition) is 0. The molecule has 1 nitrogen and oxygen atoms in total. The molecule has 0 rings (SSSR count). The number of alkyl halides is 5. The first kappa shape index (κ1) is 11.5. The molecule has 0 unspecified atom stereocenters. The molecule has 0 spiro atoms. The largest absolute Gasteiger partial charge is 0.339 e. The molecule has 12 heavy (non-hydrogen) atoms. The minimum atomic E-state index is -5.06. The zero-order valence-corrected chi connectivity index (χ0v) is 5.51. The Morgan fingerprint density at radius 2 is 1.33 bits per heavy atom. The standard InChI is InChI=1S/C4H4F7N/c5-1-3(6,7)4(8,9)2-12(10)11/h1-2H2. The SMILES string of the molecule is FCC(F)(F)C(F)(F)CN(F)F. The molecule has 0 aliphatic carbocycles. The van der Waals surface area contributed by atoms with E-state index in [2.05, 4.69) is 0 Å². The van der Waals surface area contributed by atoms with Crippen molar-refractivity contribution in [3.05, 3.63) is 0 Å². The van der Waals surface area contributed by atoms with Crippen LogP contribution in [0.15, 0.2) is 0 Å². The molecule has 0 aliphatic rings. The van der Waals surface area contributed by atoms with Crippen molar-refractivity contribution in [2.45, 2.75) is 11.8 Å². The third kappa shape index (κ3) is 2.50. The average molecular weight is 199 g/mol. The molecule has 0 amide bonds. The normalized spacial score (nSPS) is 14.0. The minimum Gasteiger partial charge on any atom is -0.244 e. The van der Waals surface area contributed by atoms with Gasteiger partial charge in [0.1, 0.15) is 6.54 Å². The Bertz CT molecular complexity index is 144. The van der Waals surface area contributed by atoms with Gasteiger partial charge in [-0.25, -0.2) is 4.39 Å². The minimum absolute atomic E-state index is 2.12. The number of hydrogen-bond acceptors (Lipinski definition) is 1. The first-order valence-corrected chi connectivity index (χ1v) is 2.63. The molecule has 0 aromatic carbocycles. The smallest absolute Gasteiger partial charge is 0.244 e. The molecular formula is C4H4F7N. The maximum absolute atomic E-state index is 11.9. The molecule has 0 aromatic heterocycles. The van der Waals surface area contributed by atoms with Crippen LogP contribution in [0, 0.1) is 0 Å².